The van der Waals surface area contributed by atoms with Gasteiger partial charge in [-0.15, -0.1) is 0 Å². The Hall–Kier alpha value is -3.48. The van der Waals surface area contributed by atoms with Crippen molar-refractivity contribution in [1.82, 2.24) is 10.3 Å². The lowest BCUT2D eigenvalue weighted by Gasteiger charge is -2.16. The molecule has 3 aromatic rings. The summed E-state index contributed by atoms with van der Waals surface area (Å²) in [7, 11) is 0. The van der Waals surface area contributed by atoms with Crippen LogP contribution < -0.4 is 5.32 Å². The predicted octanol–water partition coefficient (Wildman–Crippen LogP) is 2.52. The summed E-state index contributed by atoms with van der Waals surface area (Å²) in [6, 6.07) is 12.9. The van der Waals surface area contributed by atoms with Crippen molar-refractivity contribution in [2.24, 2.45) is 0 Å². The summed E-state index contributed by atoms with van der Waals surface area (Å²) in [4.78, 5) is 40.7. The molecule has 0 aliphatic heterocycles. The Labute approximate surface area is 155 Å². The third-order valence-corrected chi connectivity index (χ3v) is 4.09. The van der Waals surface area contributed by atoms with Crippen molar-refractivity contribution >= 4 is 39.7 Å². The molecule has 0 fully saturated rings. The first kappa shape index (κ1) is 18.3. The molecule has 0 saturated heterocycles. The summed E-state index contributed by atoms with van der Waals surface area (Å²) in [5, 5.41) is 13.0. The molecule has 2 aromatic carbocycles. The summed E-state index contributed by atoms with van der Waals surface area (Å²) >= 11 is 0. The first-order valence-corrected chi connectivity index (χ1v) is 8.48. The van der Waals surface area contributed by atoms with Gasteiger partial charge in [0.05, 0.1) is 29.6 Å². The fraction of sp³-hybridized carbons (Fsp3) is 0.200. The van der Waals surface area contributed by atoms with Gasteiger partial charge in [-0.05, 0) is 19.1 Å². The number of carbonyl (C=O) groups is 3. The van der Waals surface area contributed by atoms with Crippen molar-refractivity contribution in [3.05, 3.63) is 54.1 Å². The molecule has 1 amide bonds. The van der Waals surface area contributed by atoms with Crippen molar-refractivity contribution < 1.29 is 24.2 Å². The third-order valence-electron chi connectivity index (χ3n) is 4.09. The molecular weight excluding hydrogens is 348 g/mol. The number of pyridine rings is 1. The molecule has 0 aliphatic carbocycles. The first-order chi connectivity index (χ1) is 13.0. The van der Waals surface area contributed by atoms with E-state index in [1.807, 2.05) is 12.1 Å². The lowest BCUT2D eigenvalue weighted by molar-refractivity contribution is -0.149. The van der Waals surface area contributed by atoms with Gasteiger partial charge in [-0.2, -0.15) is 0 Å². The molecule has 1 aromatic heterocycles. The predicted molar refractivity (Wildman–Crippen MR) is 99.4 cm³/mol. The SMILES string of the molecule is CCOC(=O)C[C@@H](NC(=O)c1c2ccccc2nc2ccccc12)C(=O)O. The third kappa shape index (κ3) is 3.87. The van der Waals surface area contributed by atoms with E-state index >= 15 is 0 Å². The van der Waals surface area contributed by atoms with Crippen LogP contribution in [-0.4, -0.2) is 40.6 Å². The van der Waals surface area contributed by atoms with Gasteiger partial charge in [0.25, 0.3) is 5.91 Å². The number of aromatic nitrogens is 1. The summed E-state index contributed by atoms with van der Waals surface area (Å²) in [6.07, 6.45) is -0.449. The number of carboxylic acid groups (broad SMARTS) is 1. The second kappa shape index (κ2) is 7.82. The van der Waals surface area contributed by atoms with Crippen LogP contribution in [0.1, 0.15) is 23.7 Å². The van der Waals surface area contributed by atoms with E-state index in [-0.39, 0.29) is 6.61 Å². The van der Waals surface area contributed by atoms with E-state index in [0.717, 1.165) is 0 Å². The van der Waals surface area contributed by atoms with Crippen LogP contribution in [0.3, 0.4) is 0 Å². The number of nitrogens with one attached hydrogen (secondary N) is 1. The highest BCUT2D eigenvalue weighted by Crippen LogP contribution is 2.26. The zero-order valence-corrected chi connectivity index (χ0v) is 14.6. The number of carbonyl (C=O) groups excluding carboxylic acids is 2. The molecule has 0 radical (unpaired) electrons. The Morgan fingerprint density at radius 1 is 1.04 bits per heavy atom. The van der Waals surface area contributed by atoms with Gasteiger partial charge in [0.15, 0.2) is 0 Å². The summed E-state index contributed by atoms with van der Waals surface area (Å²) in [6.45, 7) is 1.76. The molecule has 0 unspecified atom stereocenters. The van der Waals surface area contributed by atoms with Gasteiger partial charge >= 0.3 is 11.9 Å². The number of rotatable bonds is 6. The number of ether oxygens (including phenoxy) is 1. The maximum absolute atomic E-state index is 13.0. The minimum Gasteiger partial charge on any atom is -0.480 e. The average Bonchev–Trinajstić information content (AvgIpc) is 2.65. The van der Waals surface area contributed by atoms with Crippen molar-refractivity contribution in [3.63, 3.8) is 0 Å². The second-order valence-corrected chi connectivity index (χ2v) is 5.89. The molecule has 27 heavy (non-hydrogen) atoms. The van der Waals surface area contributed by atoms with Gasteiger partial charge < -0.3 is 15.2 Å². The van der Waals surface area contributed by atoms with E-state index in [0.29, 0.717) is 27.4 Å². The van der Waals surface area contributed by atoms with Crippen LogP contribution in [0.2, 0.25) is 0 Å². The lowest BCUT2D eigenvalue weighted by atomic mass is 10.0. The molecule has 1 heterocycles. The number of hydrogen-bond acceptors (Lipinski definition) is 5. The maximum atomic E-state index is 13.0. The largest absolute Gasteiger partial charge is 0.480 e. The van der Waals surface area contributed by atoms with Crippen LogP contribution in [-0.2, 0) is 14.3 Å². The number of benzene rings is 2. The summed E-state index contributed by atoms with van der Waals surface area (Å²) in [5.41, 5.74) is 1.57. The van der Waals surface area contributed by atoms with E-state index in [2.05, 4.69) is 10.3 Å². The van der Waals surface area contributed by atoms with Crippen molar-refractivity contribution in [3.8, 4) is 0 Å². The van der Waals surface area contributed by atoms with Crippen LogP contribution >= 0.6 is 0 Å². The van der Waals surface area contributed by atoms with Crippen molar-refractivity contribution in [1.29, 1.82) is 0 Å². The molecule has 1 atom stereocenters. The number of para-hydroxylation sites is 2. The van der Waals surface area contributed by atoms with Crippen molar-refractivity contribution in [2.75, 3.05) is 6.61 Å². The minimum atomic E-state index is -1.39. The summed E-state index contributed by atoms with van der Waals surface area (Å²) in [5.74, 6) is -2.57. The highest BCUT2D eigenvalue weighted by Gasteiger charge is 2.26. The molecule has 0 spiro atoms. The normalized spacial score (nSPS) is 11.9. The Kier molecular flexibility index (Phi) is 5.30. The Morgan fingerprint density at radius 2 is 1.59 bits per heavy atom. The van der Waals surface area contributed by atoms with Crippen LogP contribution in [0.25, 0.3) is 21.8 Å². The van der Waals surface area contributed by atoms with Crippen LogP contribution in [0.5, 0.6) is 0 Å². The topological polar surface area (TPSA) is 106 Å². The number of aliphatic carboxylic acids is 1. The first-order valence-electron chi connectivity index (χ1n) is 8.48. The fourth-order valence-electron chi connectivity index (χ4n) is 2.90. The zero-order valence-electron chi connectivity index (χ0n) is 14.6. The molecule has 7 nitrogen and oxygen atoms in total. The van der Waals surface area contributed by atoms with Crippen molar-refractivity contribution in [2.45, 2.75) is 19.4 Å². The maximum Gasteiger partial charge on any atom is 0.326 e. The van der Waals surface area contributed by atoms with Gasteiger partial charge in [-0.3, -0.25) is 9.59 Å². The average molecular weight is 366 g/mol. The molecular formula is C20H18N2O5. The smallest absolute Gasteiger partial charge is 0.326 e. The van der Waals surface area contributed by atoms with Crippen LogP contribution in [0.15, 0.2) is 48.5 Å². The van der Waals surface area contributed by atoms with Gasteiger partial charge in [-0.1, -0.05) is 36.4 Å². The number of fused-ring (bicyclic) bond motifs is 2. The standard InChI is InChI=1S/C20H18N2O5/c1-2-27-17(23)11-16(20(25)26)22-19(24)18-12-7-3-5-9-14(12)21-15-10-6-4-8-13(15)18/h3-10,16H,2,11H2,1H3,(H,22,24)(H,25,26)/t16-/m1/s1. The molecule has 138 valence electrons. The van der Waals surface area contributed by atoms with Gasteiger partial charge in [0.2, 0.25) is 0 Å². The van der Waals surface area contributed by atoms with Crippen LogP contribution in [0.4, 0.5) is 0 Å². The summed E-state index contributed by atoms with van der Waals surface area (Å²) < 4.78 is 4.79. The molecule has 0 bridgehead atoms. The Morgan fingerprint density at radius 3 is 2.11 bits per heavy atom. The monoisotopic (exact) mass is 366 g/mol. The fourth-order valence-corrected chi connectivity index (χ4v) is 2.90. The van der Waals surface area contributed by atoms with Gasteiger partial charge in [0.1, 0.15) is 6.04 Å². The number of nitrogens with zero attached hydrogens (tertiary/aromatic N) is 1. The van der Waals surface area contributed by atoms with E-state index in [9.17, 15) is 19.5 Å². The van der Waals surface area contributed by atoms with Crippen LogP contribution in [0, 0.1) is 0 Å². The van der Waals surface area contributed by atoms with Gasteiger partial charge in [-0.25, -0.2) is 9.78 Å². The number of esters is 1. The van der Waals surface area contributed by atoms with E-state index in [1.165, 1.54) is 0 Å². The number of amides is 1. The number of carboxylic acids is 1. The minimum absolute atomic E-state index is 0.138. The molecule has 0 aliphatic rings. The van der Waals surface area contributed by atoms with E-state index in [1.54, 1.807) is 43.3 Å². The van der Waals surface area contributed by atoms with E-state index in [4.69, 9.17) is 4.74 Å². The highest BCUT2D eigenvalue weighted by molar-refractivity contribution is 6.16. The van der Waals surface area contributed by atoms with Gasteiger partial charge in [0, 0.05) is 10.8 Å². The molecule has 0 saturated carbocycles. The quantitative estimate of drug-likeness (QED) is 0.513. The Bertz CT molecular complexity index is 977. The second-order valence-electron chi connectivity index (χ2n) is 5.89. The van der Waals surface area contributed by atoms with E-state index < -0.39 is 30.3 Å². The zero-order chi connectivity index (χ0) is 19.4. The number of hydrogen-bond donors (Lipinski definition) is 2. The molecule has 7 heteroatoms. The molecule has 2 N–H and O–H groups in total. The lowest BCUT2D eigenvalue weighted by Crippen LogP contribution is -2.42. The Balaban J connectivity index is 2.03. The highest BCUT2D eigenvalue weighted by atomic mass is 16.5. The molecule has 3 rings (SSSR count).